The first-order valence-corrected chi connectivity index (χ1v) is 4.48. The predicted molar refractivity (Wildman–Crippen MR) is 50.6 cm³/mol. The number of amides is 1. The molecular formula is C10H12N2O. The van der Waals surface area contributed by atoms with Crippen molar-refractivity contribution in [3.8, 4) is 0 Å². The van der Waals surface area contributed by atoms with Crippen molar-refractivity contribution >= 4 is 11.6 Å². The average Bonchev–Trinajstić information content (AvgIpc) is 2.29. The monoisotopic (exact) mass is 176 g/mol. The number of carbonyl (C=O) groups excluding carboxylic acids is 1. The number of carbonyl (C=O) groups is 1. The van der Waals surface area contributed by atoms with Crippen molar-refractivity contribution in [3.63, 3.8) is 0 Å². The van der Waals surface area contributed by atoms with Gasteiger partial charge in [-0.1, -0.05) is 0 Å². The van der Waals surface area contributed by atoms with Gasteiger partial charge in [0, 0.05) is 19.7 Å². The minimum absolute atomic E-state index is 0.187. The van der Waals surface area contributed by atoms with E-state index in [2.05, 4.69) is 4.98 Å². The lowest BCUT2D eigenvalue weighted by Crippen LogP contribution is -2.25. The van der Waals surface area contributed by atoms with Crippen LogP contribution in [0.1, 0.15) is 18.4 Å². The second-order valence-electron chi connectivity index (χ2n) is 3.31. The zero-order valence-electron chi connectivity index (χ0n) is 7.66. The summed E-state index contributed by atoms with van der Waals surface area (Å²) in [5.74, 6) is 0.187. The maximum absolute atomic E-state index is 11.5. The van der Waals surface area contributed by atoms with Gasteiger partial charge >= 0.3 is 0 Å². The molecule has 0 radical (unpaired) electrons. The largest absolute Gasteiger partial charge is 0.314 e. The fourth-order valence-corrected chi connectivity index (χ4v) is 1.66. The highest BCUT2D eigenvalue weighted by Gasteiger charge is 2.17. The van der Waals surface area contributed by atoms with E-state index in [4.69, 9.17) is 0 Å². The van der Waals surface area contributed by atoms with Crippen molar-refractivity contribution in [3.05, 3.63) is 24.0 Å². The summed E-state index contributed by atoms with van der Waals surface area (Å²) in [7, 11) is 1.81. The molecule has 0 saturated carbocycles. The van der Waals surface area contributed by atoms with Gasteiger partial charge < -0.3 is 4.90 Å². The molecule has 0 bridgehead atoms. The smallest absolute Gasteiger partial charge is 0.226 e. The van der Waals surface area contributed by atoms with Crippen LogP contribution in [0.5, 0.6) is 0 Å². The summed E-state index contributed by atoms with van der Waals surface area (Å²) < 4.78 is 0. The third-order valence-corrected chi connectivity index (χ3v) is 2.46. The molecule has 2 rings (SSSR count). The standard InChI is InChI=1S/C10H12N2O/c1-12-9-7-11-6-5-8(9)3-2-4-10(12)13/h5-7H,2-4H2,1H3. The molecule has 0 spiro atoms. The Balaban J connectivity index is 2.46. The van der Waals surface area contributed by atoms with Gasteiger partial charge in [0.1, 0.15) is 0 Å². The Morgan fingerprint density at radius 3 is 3.15 bits per heavy atom. The molecule has 0 N–H and O–H groups in total. The Bertz CT molecular complexity index is 335. The van der Waals surface area contributed by atoms with E-state index in [1.54, 1.807) is 17.3 Å². The van der Waals surface area contributed by atoms with Crippen LogP contribution in [0.15, 0.2) is 18.5 Å². The number of hydrogen-bond donors (Lipinski definition) is 0. The molecule has 0 saturated heterocycles. The van der Waals surface area contributed by atoms with Crippen LogP contribution in [0.3, 0.4) is 0 Å². The molecule has 3 nitrogen and oxygen atoms in total. The van der Waals surface area contributed by atoms with Crippen LogP contribution in [0.4, 0.5) is 5.69 Å². The van der Waals surface area contributed by atoms with Gasteiger partial charge in [-0.2, -0.15) is 0 Å². The van der Waals surface area contributed by atoms with Crippen molar-refractivity contribution in [2.24, 2.45) is 0 Å². The fraction of sp³-hybridized carbons (Fsp3) is 0.400. The Hall–Kier alpha value is -1.38. The molecule has 0 aromatic carbocycles. The number of nitrogens with zero attached hydrogens (tertiary/aromatic N) is 2. The molecule has 13 heavy (non-hydrogen) atoms. The second kappa shape index (κ2) is 3.17. The summed E-state index contributed by atoms with van der Waals surface area (Å²) in [6.45, 7) is 0. The van der Waals surface area contributed by atoms with E-state index in [1.807, 2.05) is 13.1 Å². The lowest BCUT2D eigenvalue weighted by Gasteiger charge is -2.16. The van der Waals surface area contributed by atoms with E-state index in [-0.39, 0.29) is 5.91 Å². The lowest BCUT2D eigenvalue weighted by atomic mass is 10.1. The molecule has 1 aliphatic heterocycles. The van der Waals surface area contributed by atoms with E-state index >= 15 is 0 Å². The van der Waals surface area contributed by atoms with Crippen molar-refractivity contribution in [2.45, 2.75) is 19.3 Å². The highest BCUT2D eigenvalue weighted by atomic mass is 16.2. The number of fused-ring (bicyclic) bond motifs is 1. The van der Waals surface area contributed by atoms with Gasteiger partial charge in [-0.25, -0.2) is 0 Å². The second-order valence-corrected chi connectivity index (χ2v) is 3.31. The number of anilines is 1. The van der Waals surface area contributed by atoms with Gasteiger partial charge in [0.25, 0.3) is 0 Å². The molecule has 2 heterocycles. The lowest BCUT2D eigenvalue weighted by molar-refractivity contribution is -0.118. The molecule has 68 valence electrons. The van der Waals surface area contributed by atoms with Gasteiger partial charge in [0.2, 0.25) is 5.91 Å². The first-order valence-electron chi connectivity index (χ1n) is 4.48. The SMILES string of the molecule is CN1C(=O)CCCc2ccncc21. The van der Waals surface area contributed by atoms with Gasteiger partial charge in [-0.3, -0.25) is 9.78 Å². The Labute approximate surface area is 77.4 Å². The molecular weight excluding hydrogens is 164 g/mol. The summed E-state index contributed by atoms with van der Waals surface area (Å²) in [5.41, 5.74) is 2.19. The number of aryl methyl sites for hydroxylation is 1. The summed E-state index contributed by atoms with van der Waals surface area (Å²) in [6.07, 6.45) is 6.11. The van der Waals surface area contributed by atoms with Crippen molar-refractivity contribution in [2.75, 3.05) is 11.9 Å². The molecule has 3 heteroatoms. The average molecular weight is 176 g/mol. The molecule has 1 aliphatic rings. The van der Waals surface area contributed by atoms with Crippen LogP contribution >= 0.6 is 0 Å². The molecule has 0 unspecified atom stereocenters. The van der Waals surface area contributed by atoms with Gasteiger partial charge in [0.05, 0.1) is 11.9 Å². The van der Waals surface area contributed by atoms with Crippen LogP contribution < -0.4 is 4.90 Å². The van der Waals surface area contributed by atoms with Crippen LogP contribution in [0.25, 0.3) is 0 Å². The van der Waals surface area contributed by atoms with Crippen molar-refractivity contribution < 1.29 is 4.79 Å². The Morgan fingerprint density at radius 2 is 2.31 bits per heavy atom. The van der Waals surface area contributed by atoms with Crippen LogP contribution in [0.2, 0.25) is 0 Å². The highest BCUT2D eigenvalue weighted by Crippen LogP contribution is 2.23. The van der Waals surface area contributed by atoms with Gasteiger partial charge in [0.15, 0.2) is 0 Å². The maximum atomic E-state index is 11.5. The predicted octanol–water partition coefficient (Wildman–Crippen LogP) is 1.38. The van der Waals surface area contributed by atoms with E-state index < -0.39 is 0 Å². The third kappa shape index (κ3) is 1.41. The maximum Gasteiger partial charge on any atom is 0.226 e. The van der Waals surface area contributed by atoms with Crippen LogP contribution in [-0.2, 0) is 11.2 Å². The molecule has 0 atom stereocenters. The molecule has 1 aromatic rings. The molecule has 1 amide bonds. The number of rotatable bonds is 0. The Kier molecular flexibility index (Phi) is 2.00. The van der Waals surface area contributed by atoms with E-state index in [1.165, 1.54) is 5.56 Å². The normalized spacial score (nSPS) is 16.7. The molecule has 0 fully saturated rings. The summed E-state index contributed by atoms with van der Waals surface area (Å²) in [6, 6.07) is 1.99. The first kappa shape index (κ1) is 8.23. The van der Waals surface area contributed by atoms with E-state index in [0.717, 1.165) is 18.5 Å². The topological polar surface area (TPSA) is 33.2 Å². The van der Waals surface area contributed by atoms with Crippen molar-refractivity contribution in [1.29, 1.82) is 0 Å². The molecule has 1 aromatic heterocycles. The van der Waals surface area contributed by atoms with Crippen LogP contribution in [-0.4, -0.2) is 17.9 Å². The number of aromatic nitrogens is 1. The zero-order chi connectivity index (χ0) is 9.26. The number of pyridine rings is 1. The number of hydrogen-bond acceptors (Lipinski definition) is 2. The summed E-state index contributed by atoms with van der Waals surface area (Å²) in [5, 5.41) is 0. The molecule has 0 aliphatic carbocycles. The third-order valence-electron chi connectivity index (χ3n) is 2.46. The minimum atomic E-state index is 0.187. The summed E-state index contributed by atoms with van der Waals surface area (Å²) >= 11 is 0. The van der Waals surface area contributed by atoms with Gasteiger partial charge in [-0.15, -0.1) is 0 Å². The Morgan fingerprint density at radius 1 is 1.46 bits per heavy atom. The highest BCUT2D eigenvalue weighted by molar-refractivity contribution is 5.94. The first-order chi connectivity index (χ1) is 6.29. The van der Waals surface area contributed by atoms with Crippen molar-refractivity contribution in [1.82, 2.24) is 4.98 Å². The van der Waals surface area contributed by atoms with Gasteiger partial charge in [-0.05, 0) is 24.5 Å². The fourth-order valence-electron chi connectivity index (χ4n) is 1.66. The summed E-state index contributed by atoms with van der Waals surface area (Å²) in [4.78, 5) is 17.2. The zero-order valence-corrected chi connectivity index (χ0v) is 7.66. The van der Waals surface area contributed by atoms with E-state index in [9.17, 15) is 4.79 Å². The van der Waals surface area contributed by atoms with E-state index in [0.29, 0.717) is 6.42 Å². The van der Waals surface area contributed by atoms with Crippen LogP contribution in [0, 0.1) is 0 Å². The quantitative estimate of drug-likeness (QED) is 0.598. The minimum Gasteiger partial charge on any atom is -0.314 e.